The molecule has 15 nitrogen and oxygen atoms in total. The number of β-amino-alcohol motifs (C(OH)–C–C–N with tert-alkyl or cyclic N) is 1. The Balaban J connectivity index is 0.730. The maximum atomic E-state index is 14.1. The molecule has 0 radical (unpaired) electrons. The van der Waals surface area contributed by atoms with E-state index in [-0.39, 0.29) is 54.6 Å². The van der Waals surface area contributed by atoms with E-state index in [0.717, 1.165) is 73.5 Å². The normalized spacial score (nSPS) is 15.4. The summed E-state index contributed by atoms with van der Waals surface area (Å²) < 4.78 is 13.2. The Hall–Kier alpha value is -7.60. The topological polar surface area (TPSA) is 212 Å². The summed E-state index contributed by atoms with van der Waals surface area (Å²) in [4.78, 5) is 61.8. The van der Waals surface area contributed by atoms with Gasteiger partial charge in [0.2, 0.25) is 17.7 Å². The number of aryl methyl sites for hydroxylation is 1. The molecule has 76 heavy (non-hydrogen) atoms. The third kappa shape index (κ3) is 14.0. The van der Waals surface area contributed by atoms with Crippen molar-refractivity contribution in [3.05, 3.63) is 143 Å². The van der Waals surface area contributed by atoms with Gasteiger partial charge in [-0.15, -0.1) is 22.7 Å². The fourth-order valence-electron chi connectivity index (χ4n) is 9.02. The maximum absolute atomic E-state index is 14.1. The van der Waals surface area contributed by atoms with E-state index in [1.165, 1.54) is 16.2 Å². The first-order valence-corrected chi connectivity index (χ1v) is 27.2. The Labute approximate surface area is 450 Å². The zero-order valence-corrected chi connectivity index (χ0v) is 44.9. The number of carbonyl (C=O) groups excluding carboxylic acids is 4. The second-order valence-corrected chi connectivity index (χ2v) is 22.0. The van der Waals surface area contributed by atoms with Crippen molar-refractivity contribution in [3.63, 3.8) is 0 Å². The number of carbonyl (C=O) groups is 4. The number of nitrogens with zero attached hydrogens (tertiary/aromatic N) is 3. The first-order chi connectivity index (χ1) is 36.5. The number of unbranched alkanes of at least 4 members (excludes halogenated alkanes) is 4. The Morgan fingerprint density at radius 3 is 2.25 bits per heavy atom. The maximum Gasteiger partial charge on any atom is 0.271 e. The zero-order valence-electron chi connectivity index (χ0n) is 43.2. The van der Waals surface area contributed by atoms with Crippen LogP contribution in [0.4, 0.5) is 0 Å². The van der Waals surface area contributed by atoms with Crippen molar-refractivity contribution in [1.29, 1.82) is 0 Å². The number of phenolic OH excluding ortho intramolecular Hbond substituents is 2. The smallest absolute Gasteiger partial charge is 0.271 e. The number of benzene rings is 5. The average molecular weight is 1070 g/mol. The summed E-state index contributed by atoms with van der Waals surface area (Å²) in [7, 11) is 0. The number of rotatable bonds is 21. The number of aliphatic hydroxyl groups excluding tert-OH is 1. The molecule has 0 bridgehead atoms. The molecule has 6 N–H and O–H groups in total. The largest absolute Gasteiger partial charge is 0.508 e. The minimum Gasteiger partial charge on any atom is -0.508 e. The van der Waals surface area contributed by atoms with E-state index in [0.29, 0.717) is 35.8 Å². The molecule has 396 valence electrons. The number of ether oxygens (including phenoxy) is 2. The molecule has 1 fully saturated rings. The van der Waals surface area contributed by atoms with E-state index in [1.807, 2.05) is 88.7 Å². The van der Waals surface area contributed by atoms with Gasteiger partial charge in [-0.05, 0) is 139 Å². The predicted molar refractivity (Wildman–Crippen MR) is 298 cm³/mol. The monoisotopic (exact) mass is 1060 g/mol. The van der Waals surface area contributed by atoms with Gasteiger partial charge in [0.1, 0.15) is 35.1 Å². The third-order valence-electron chi connectivity index (χ3n) is 13.2. The number of nitrogens with one attached hydrogen (secondary N) is 3. The first kappa shape index (κ1) is 54.7. The van der Waals surface area contributed by atoms with Crippen LogP contribution in [0, 0.1) is 12.3 Å². The van der Waals surface area contributed by atoms with Crippen LogP contribution < -0.4 is 25.5 Å². The number of phenols is 2. The molecular weight excluding hydrogens is 1000 g/mol. The minimum atomic E-state index is -0.886. The molecule has 7 aromatic rings. The quantitative estimate of drug-likeness (QED) is 0.0228. The fraction of sp³-hybridized carbons (Fsp3) is 0.322. The number of aliphatic hydroxyl groups is 1. The van der Waals surface area contributed by atoms with Gasteiger partial charge in [0.15, 0.2) is 5.75 Å². The van der Waals surface area contributed by atoms with Crippen molar-refractivity contribution >= 4 is 62.6 Å². The van der Waals surface area contributed by atoms with Gasteiger partial charge in [-0.25, -0.2) is 10.4 Å². The van der Waals surface area contributed by atoms with E-state index >= 15 is 0 Å². The van der Waals surface area contributed by atoms with Crippen LogP contribution in [0.3, 0.4) is 0 Å². The average Bonchev–Trinajstić information content (AvgIpc) is 4.13. The lowest BCUT2D eigenvalue weighted by Gasteiger charge is -2.35. The van der Waals surface area contributed by atoms with Crippen LogP contribution in [0.15, 0.2) is 126 Å². The van der Waals surface area contributed by atoms with Crippen LogP contribution in [0.25, 0.3) is 31.0 Å². The van der Waals surface area contributed by atoms with E-state index in [9.17, 15) is 34.5 Å². The van der Waals surface area contributed by atoms with Crippen LogP contribution in [-0.4, -0.2) is 86.4 Å². The summed E-state index contributed by atoms with van der Waals surface area (Å²) in [5.41, 5.74) is 8.61. The molecule has 1 aliphatic rings. The number of likely N-dealkylation sites (tertiary alicyclic amines) is 1. The van der Waals surface area contributed by atoms with E-state index in [1.54, 1.807) is 84.3 Å². The minimum absolute atomic E-state index is 0.00817. The van der Waals surface area contributed by atoms with Crippen molar-refractivity contribution in [2.45, 2.75) is 104 Å². The molecule has 4 unspecified atom stereocenters. The molecule has 4 atom stereocenters. The number of hydrogen-bond donors (Lipinski definition) is 6. The number of amides is 4. The zero-order chi connectivity index (χ0) is 53.9. The highest BCUT2D eigenvalue weighted by atomic mass is 32.1. The van der Waals surface area contributed by atoms with Gasteiger partial charge < -0.3 is 40.3 Å². The summed E-state index contributed by atoms with van der Waals surface area (Å²) in [5, 5.41) is 41.6. The lowest BCUT2D eigenvalue weighted by molar-refractivity contribution is -0.144. The predicted octanol–water partition coefficient (Wildman–Crippen LogP) is 11.1. The Morgan fingerprint density at radius 1 is 0.829 bits per heavy atom. The van der Waals surface area contributed by atoms with Crippen LogP contribution in [0.5, 0.6) is 28.7 Å². The summed E-state index contributed by atoms with van der Waals surface area (Å²) in [6.07, 6.45) is 5.20. The molecule has 5 aromatic carbocycles. The third-order valence-corrected chi connectivity index (χ3v) is 15.4. The van der Waals surface area contributed by atoms with Crippen molar-refractivity contribution in [3.8, 4) is 49.6 Å². The number of aromatic nitrogens is 1. The van der Waals surface area contributed by atoms with Gasteiger partial charge in [-0.3, -0.25) is 19.2 Å². The number of thiophene rings is 1. The Bertz CT molecular complexity index is 3170. The molecule has 4 amide bonds. The molecule has 2 aromatic heterocycles. The summed E-state index contributed by atoms with van der Waals surface area (Å²) in [6, 6.07) is 31.9. The number of hydrogen-bond acceptors (Lipinski definition) is 13. The van der Waals surface area contributed by atoms with Gasteiger partial charge >= 0.3 is 0 Å². The Kier molecular flexibility index (Phi) is 17.9. The van der Waals surface area contributed by atoms with Gasteiger partial charge in [0.25, 0.3) is 5.91 Å². The van der Waals surface area contributed by atoms with Crippen molar-refractivity contribution < 1.29 is 44.0 Å². The van der Waals surface area contributed by atoms with E-state index in [2.05, 4.69) is 26.1 Å². The summed E-state index contributed by atoms with van der Waals surface area (Å²) >= 11 is 3.02. The summed E-state index contributed by atoms with van der Waals surface area (Å²) in [6.45, 7) is 10.0. The molecule has 1 aliphatic heterocycles. The SMILES string of the molecule is Cc1ncsc1-c1ccc(C(C)NC(=O)C2CC(O)CN2C(=O)C(NC(=O)CCCCCCCOc2ccc(C=NNC(=O)c3cccc(Oc4c(-c5ccc(O)cc5)sc5cc(O)ccc45)c3)cc2)C(C)(C)C)cc1. The molecule has 1 saturated heterocycles. The number of fused-ring (bicyclic) bond motifs is 1. The van der Waals surface area contributed by atoms with Crippen molar-refractivity contribution in [2.24, 2.45) is 10.5 Å². The van der Waals surface area contributed by atoms with Gasteiger partial charge in [-0.2, -0.15) is 5.10 Å². The second kappa shape index (κ2) is 24.8. The van der Waals surface area contributed by atoms with Crippen LogP contribution in [-0.2, 0) is 14.4 Å². The molecule has 0 aliphatic carbocycles. The van der Waals surface area contributed by atoms with Gasteiger partial charge in [0, 0.05) is 35.0 Å². The van der Waals surface area contributed by atoms with Crippen LogP contribution in [0.1, 0.15) is 106 Å². The van der Waals surface area contributed by atoms with Crippen molar-refractivity contribution in [1.82, 2.24) is 25.9 Å². The lowest BCUT2D eigenvalue weighted by Crippen LogP contribution is -2.57. The first-order valence-electron chi connectivity index (χ1n) is 25.5. The molecule has 0 spiro atoms. The van der Waals surface area contributed by atoms with E-state index < -0.39 is 29.5 Å². The standard InChI is InChI=1S/C59H64N6O9S2/c1-36(39-17-19-40(20-18-39)53-37(2)60-35-75-53)62-57(71)49-31-45(68)34-65(49)58(72)55(59(3,4)5)63-51(69)14-9-7-6-8-10-29-73-46-26-15-38(16-27-46)33-61-64-56(70)42-12-11-13-47(30-42)74-52-48-28-25-44(67)32-50(48)76-54(52)41-21-23-43(66)24-22-41/h11-13,15-28,30,32-33,35-36,45,49,55,66-68H,6-10,14,29,31,34H2,1-5H3,(H,62,71)(H,63,69)(H,64,70). The number of thiazole rings is 1. The molecule has 17 heteroatoms. The van der Waals surface area contributed by atoms with Gasteiger partial charge in [-0.1, -0.05) is 70.4 Å². The molecular formula is C59H64N6O9S2. The number of aromatic hydroxyl groups is 2. The van der Waals surface area contributed by atoms with Crippen molar-refractivity contribution in [2.75, 3.05) is 13.2 Å². The highest BCUT2D eigenvalue weighted by molar-refractivity contribution is 7.22. The summed E-state index contributed by atoms with van der Waals surface area (Å²) in [5.74, 6) is 0.602. The molecule has 8 rings (SSSR count). The van der Waals surface area contributed by atoms with Crippen LogP contribution in [0.2, 0.25) is 0 Å². The fourth-order valence-corrected chi connectivity index (χ4v) is 11.0. The molecule has 3 heterocycles. The number of hydrazone groups is 1. The Morgan fingerprint density at radius 2 is 1.53 bits per heavy atom. The lowest BCUT2D eigenvalue weighted by atomic mass is 9.85. The van der Waals surface area contributed by atoms with Crippen LogP contribution >= 0.6 is 22.7 Å². The molecule has 0 saturated carbocycles. The second-order valence-electron chi connectivity index (χ2n) is 20.1. The van der Waals surface area contributed by atoms with Gasteiger partial charge in [0.05, 0.1) is 45.9 Å². The highest BCUT2D eigenvalue weighted by Crippen LogP contribution is 2.47. The van der Waals surface area contributed by atoms with E-state index in [4.69, 9.17) is 9.47 Å². The highest BCUT2D eigenvalue weighted by Gasteiger charge is 2.44.